The molecule has 2 aromatic carbocycles. The third-order valence-corrected chi connectivity index (χ3v) is 3.82. The second-order valence-electron chi connectivity index (χ2n) is 5.06. The van der Waals surface area contributed by atoms with Crippen molar-refractivity contribution in [1.29, 1.82) is 0 Å². The summed E-state index contributed by atoms with van der Waals surface area (Å²) in [6.45, 7) is 0. The van der Waals surface area contributed by atoms with Crippen LogP contribution in [-0.2, 0) is 0 Å². The van der Waals surface area contributed by atoms with Gasteiger partial charge in [-0.15, -0.1) is 0 Å². The van der Waals surface area contributed by atoms with Gasteiger partial charge in [-0.3, -0.25) is 0 Å². The molecule has 0 fully saturated rings. The third kappa shape index (κ3) is 3.57. The average molecular weight is 345 g/mol. The van der Waals surface area contributed by atoms with Crippen LogP contribution in [0.2, 0.25) is 0 Å². The molecule has 0 heterocycles. The zero-order chi connectivity index (χ0) is 18.4. The Morgan fingerprint density at radius 3 is 1.80 bits per heavy atom. The molecule has 0 aliphatic carbocycles. The summed E-state index contributed by atoms with van der Waals surface area (Å²) >= 11 is 0. The Morgan fingerprint density at radius 2 is 1.36 bits per heavy atom. The van der Waals surface area contributed by atoms with E-state index in [1.807, 2.05) is 18.2 Å². The van der Waals surface area contributed by atoms with E-state index in [1.54, 1.807) is 47.7 Å². The van der Waals surface area contributed by atoms with Crippen molar-refractivity contribution in [3.8, 4) is 28.7 Å². The lowest BCUT2D eigenvalue weighted by atomic mass is 9.96. The summed E-state index contributed by atoms with van der Waals surface area (Å²) in [5.41, 5.74) is 8.26. The van der Waals surface area contributed by atoms with Gasteiger partial charge in [-0.1, -0.05) is 0 Å². The van der Waals surface area contributed by atoms with Crippen molar-refractivity contribution in [2.75, 3.05) is 35.5 Å². The lowest BCUT2D eigenvalue weighted by Gasteiger charge is -2.18. The van der Waals surface area contributed by atoms with Crippen LogP contribution >= 0.6 is 0 Å². The van der Waals surface area contributed by atoms with Crippen LogP contribution in [0.4, 0.5) is 0 Å². The van der Waals surface area contributed by atoms with Crippen molar-refractivity contribution in [2.45, 2.75) is 0 Å². The first-order valence-electron chi connectivity index (χ1n) is 7.58. The normalized spacial score (nSPS) is 11.0. The molecule has 0 aliphatic rings. The first-order valence-corrected chi connectivity index (χ1v) is 7.58. The van der Waals surface area contributed by atoms with Crippen molar-refractivity contribution < 1.29 is 23.7 Å². The van der Waals surface area contributed by atoms with E-state index in [0.717, 1.165) is 16.7 Å². The van der Waals surface area contributed by atoms with Crippen molar-refractivity contribution in [2.24, 2.45) is 5.73 Å². The third-order valence-electron chi connectivity index (χ3n) is 3.82. The number of ether oxygens (including phenoxy) is 5. The first kappa shape index (κ1) is 18.3. The smallest absolute Gasteiger partial charge is 0.203 e. The predicted molar refractivity (Wildman–Crippen MR) is 96.9 cm³/mol. The van der Waals surface area contributed by atoms with Crippen LogP contribution in [0.5, 0.6) is 28.7 Å². The van der Waals surface area contributed by atoms with Gasteiger partial charge in [0.25, 0.3) is 0 Å². The van der Waals surface area contributed by atoms with Crippen LogP contribution in [-0.4, -0.2) is 35.5 Å². The monoisotopic (exact) mass is 345 g/mol. The van der Waals surface area contributed by atoms with Crippen molar-refractivity contribution in [3.63, 3.8) is 0 Å². The standard InChI is InChI=1S/C19H23NO5/c1-21-13-8-12(9-14(10-13)22-2)16(11-20)15-6-7-17(23-3)19(25-5)18(15)24-4/h6-11H,20H2,1-5H3. The fourth-order valence-electron chi connectivity index (χ4n) is 2.62. The molecule has 0 unspecified atom stereocenters. The summed E-state index contributed by atoms with van der Waals surface area (Å²) in [6, 6.07) is 9.21. The van der Waals surface area contributed by atoms with E-state index in [9.17, 15) is 0 Å². The second kappa shape index (κ2) is 8.19. The van der Waals surface area contributed by atoms with Gasteiger partial charge in [-0.2, -0.15) is 0 Å². The SMILES string of the molecule is COc1cc(OC)cc(C(=CN)c2ccc(OC)c(OC)c2OC)c1. The second-order valence-corrected chi connectivity index (χ2v) is 5.06. The minimum Gasteiger partial charge on any atom is -0.497 e. The van der Waals surface area contributed by atoms with Crippen LogP contribution in [0.25, 0.3) is 5.57 Å². The molecule has 25 heavy (non-hydrogen) atoms. The predicted octanol–water partition coefficient (Wildman–Crippen LogP) is 3.08. The molecule has 2 N–H and O–H groups in total. The summed E-state index contributed by atoms with van der Waals surface area (Å²) in [7, 11) is 7.90. The maximum absolute atomic E-state index is 5.93. The minimum atomic E-state index is 0.497. The zero-order valence-corrected chi connectivity index (χ0v) is 15.1. The summed E-state index contributed by atoms with van der Waals surface area (Å²) in [6.07, 6.45) is 1.51. The molecule has 6 heteroatoms. The maximum Gasteiger partial charge on any atom is 0.203 e. The van der Waals surface area contributed by atoms with Crippen molar-refractivity contribution >= 4 is 5.57 Å². The highest BCUT2D eigenvalue weighted by molar-refractivity contribution is 5.85. The average Bonchev–Trinajstić information content (AvgIpc) is 2.67. The van der Waals surface area contributed by atoms with E-state index in [1.165, 1.54) is 6.20 Å². The molecule has 0 aliphatic heterocycles. The minimum absolute atomic E-state index is 0.497. The molecule has 0 aromatic heterocycles. The van der Waals surface area contributed by atoms with E-state index in [-0.39, 0.29) is 0 Å². The summed E-state index contributed by atoms with van der Waals surface area (Å²) in [5, 5.41) is 0. The number of nitrogens with two attached hydrogens (primary N) is 1. The van der Waals surface area contributed by atoms with Gasteiger partial charge in [-0.25, -0.2) is 0 Å². The molecular formula is C19H23NO5. The lowest BCUT2D eigenvalue weighted by molar-refractivity contribution is 0.324. The van der Waals surface area contributed by atoms with Gasteiger partial charge in [0, 0.05) is 23.4 Å². The fraction of sp³-hybridized carbons (Fsp3) is 0.263. The Morgan fingerprint density at radius 1 is 0.760 bits per heavy atom. The van der Waals surface area contributed by atoms with Gasteiger partial charge in [0.05, 0.1) is 35.5 Å². The Kier molecular flexibility index (Phi) is 6.00. The lowest BCUT2D eigenvalue weighted by Crippen LogP contribution is -2.01. The van der Waals surface area contributed by atoms with E-state index >= 15 is 0 Å². The Labute approximate surface area is 147 Å². The number of methoxy groups -OCH3 is 5. The molecule has 0 radical (unpaired) electrons. The Balaban J connectivity index is 2.67. The van der Waals surface area contributed by atoms with Gasteiger partial charge in [0.1, 0.15) is 11.5 Å². The van der Waals surface area contributed by atoms with Crippen molar-refractivity contribution in [1.82, 2.24) is 0 Å². The van der Waals surface area contributed by atoms with Crippen LogP contribution in [0, 0.1) is 0 Å². The quantitative estimate of drug-likeness (QED) is 0.831. The van der Waals surface area contributed by atoms with Gasteiger partial charge in [0.2, 0.25) is 5.75 Å². The molecule has 0 bridgehead atoms. The highest BCUT2D eigenvalue weighted by Crippen LogP contribution is 2.44. The van der Waals surface area contributed by atoms with Gasteiger partial charge >= 0.3 is 0 Å². The van der Waals surface area contributed by atoms with Gasteiger partial charge in [0.15, 0.2) is 11.5 Å². The highest BCUT2D eigenvalue weighted by Gasteiger charge is 2.20. The van der Waals surface area contributed by atoms with Gasteiger partial charge in [-0.05, 0) is 29.8 Å². The largest absolute Gasteiger partial charge is 0.497 e. The highest BCUT2D eigenvalue weighted by atomic mass is 16.5. The number of hydrogen-bond acceptors (Lipinski definition) is 6. The number of rotatable bonds is 7. The van der Waals surface area contributed by atoms with E-state index in [4.69, 9.17) is 29.4 Å². The Hall–Kier alpha value is -3.02. The fourth-order valence-corrected chi connectivity index (χ4v) is 2.62. The van der Waals surface area contributed by atoms with E-state index < -0.39 is 0 Å². The van der Waals surface area contributed by atoms with Gasteiger partial charge < -0.3 is 29.4 Å². The van der Waals surface area contributed by atoms with Crippen LogP contribution in [0.3, 0.4) is 0 Å². The van der Waals surface area contributed by atoms with E-state index in [0.29, 0.717) is 28.7 Å². The van der Waals surface area contributed by atoms with Crippen molar-refractivity contribution in [3.05, 3.63) is 47.7 Å². The molecule has 0 spiro atoms. The first-order chi connectivity index (χ1) is 12.1. The number of benzene rings is 2. The van der Waals surface area contributed by atoms with Crippen LogP contribution in [0.15, 0.2) is 36.5 Å². The molecule has 0 amide bonds. The van der Waals surface area contributed by atoms with Crippen LogP contribution < -0.4 is 29.4 Å². The van der Waals surface area contributed by atoms with E-state index in [2.05, 4.69) is 0 Å². The summed E-state index contributed by atoms with van der Waals surface area (Å²) < 4.78 is 27.0. The molecule has 2 aromatic rings. The van der Waals surface area contributed by atoms with Crippen LogP contribution in [0.1, 0.15) is 11.1 Å². The topological polar surface area (TPSA) is 72.2 Å². The summed E-state index contributed by atoms with van der Waals surface area (Å²) in [4.78, 5) is 0. The number of hydrogen-bond donors (Lipinski definition) is 1. The molecule has 0 atom stereocenters. The Bertz CT molecular complexity index is 748. The molecule has 0 saturated heterocycles. The summed E-state index contributed by atoms with van der Waals surface area (Å²) in [5.74, 6) is 2.92. The molecule has 2 rings (SSSR count). The molecule has 0 saturated carbocycles. The zero-order valence-electron chi connectivity index (χ0n) is 15.1. The molecule has 134 valence electrons. The molecular weight excluding hydrogens is 322 g/mol. The molecule has 6 nitrogen and oxygen atoms in total. The maximum atomic E-state index is 5.93.